The van der Waals surface area contributed by atoms with Crippen LogP contribution in [-0.4, -0.2) is 35.7 Å². The van der Waals surface area contributed by atoms with Gasteiger partial charge in [0.2, 0.25) is 5.91 Å². The Labute approximate surface area is 179 Å². The Kier molecular flexibility index (Phi) is 6.07. The zero-order chi connectivity index (χ0) is 22.1. The van der Waals surface area contributed by atoms with Gasteiger partial charge in [0.05, 0.1) is 17.8 Å². The topological polar surface area (TPSA) is 92.8 Å². The SMILES string of the molecule is Cc1cc(C(=O)CCC(=O)OCC(=O)N2c3ccccc3NC(=O)C2(C)C)c(C)s1. The van der Waals surface area contributed by atoms with E-state index in [4.69, 9.17) is 4.74 Å². The van der Waals surface area contributed by atoms with Crippen LogP contribution in [0.2, 0.25) is 0 Å². The minimum atomic E-state index is -1.14. The van der Waals surface area contributed by atoms with Crippen LogP contribution in [0.25, 0.3) is 0 Å². The first kappa shape index (κ1) is 21.7. The zero-order valence-electron chi connectivity index (χ0n) is 17.4. The molecule has 158 valence electrons. The summed E-state index contributed by atoms with van der Waals surface area (Å²) in [7, 11) is 0. The van der Waals surface area contributed by atoms with Gasteiger partial charge in [-0.05, 0) is 45.9 Å². The number of esters is 1. The first-order valence-corrected chi connectivity index (χ1v) is 10.4. The van der Waals surface area contributed by atoms with Gasteiger partial charge in [0.25, 0.3) is 5.91 Å². The highest BCUT2D eigenvalue weighted by molar-refractivity contribution is 7.12. The second kappa shape index (κ2) is 8.39. The van der Waals surface area contributed by atoms with E-state index in [0.717, 1.165) is 9.75 Å². The van der Waals surface area contributed by atoms with Gasteiger partial charge in [-0.15, -0.1) is 11.3 Å². The lowest BCUT2D eigenvalue weighted by molar-refractivity contribution is -0.148. The maximum atomic E-state index is 12.8. The molecule has 1 aliphatic rings. The van der Waals surface area contributed by atoms with Crippen LogP contribution in [0.5, 0.6) is 0 Å². The number of aryl methyl sites for hydroxylation is 2. The second-order valence-electron chi connectivity index (χ2n) is 7.67. The Morgan fingerprint density at radius 2 is 1.83 bits per heavy atom. The summed E-state index contributed by atoms with van der Waals surface area (Å²) in [6.45, 7) is 6.55. The third-order valence-electron chi connectivity index (χ3n) is 5.01. The number of nitrogens with zero attached hydrogens (tertiary/aromatic N) is 1. The number of anilines is 2. The monoisotopic (exact) mass is 428 g/mol. The zero-order valence-corrected chi connectivity index (χ0v) is 18.2. The fourth-order valence-corrected chi connectivity index (χ4v) is 4.38. The van der Waals surface area contributed by atoms with Gasteiger partial charge in [-0.1, -0.05) is 12.1 Å². The van der Waals surface area contributed by atoms with Crippen LogP contribution in [0, 0.1) is 13.8 Å². The number of hydrogen-bond donors (Lipinski definition) is 1. The quantitative estimate of drug-likeness (QED) is 0.560. The molecule has 8 heteroatoms. The Morgan fingerprint density at radius 1 is 1.13 bits per heavy atom. The van der Waals surface area contributed by atoms with Crippen LogP contribution in [0.3, 0.4) is 0 Å². The van der Waals surface area contributed by atoms with Gasteiger partial charge in [-0.3, -0.25) is 24.1 Å². The molecule has 0 spiro atoms. The molecule has 0 fully saturated rings. The van der Waals surface area contributed by atoms with E-state index in [0.29, 0.717) is 16.9 Å². The van der Waals surface area contributed by atoms with E-state index in [1.165, 1.54) is 16.2 Å². The van der Waals surface area contributed by atoms with E-state index in [2.05, 4.69) is 5.32 Å². The molecule has 2 amide bonds. The number of carbonyl (C=O) groups excluding carboxylic acids is 4. The number of hydrogen-bond acceptors (Lipinski definition) is 6. The van der Waals surface area contributed by atoms with Crippen LogP contribution >= 0.6 is 11.3 Å². The molecule has 1 aliphatic heterocycles. The molecule has 0 radical (unpaired) electrons. The first-order chi connectivity index (χ1) is 14.1. The summed E-state index contributed by atoms with van der Waals surface area (Å²) in [4.78, 5) is 53.0. The average molecular weight is 429 g/mol. The smallest absolute Gasteiger partial charge is 0.306 e. The van der Waals surface area contributed by atoms with Crippen molar-refractivity contribution >= 4 is 46.3 Å². The molecule has 2 aromatic rings. The minimum Gasteiger partial charge on any atom is -0.456 e. The number of para-hydroxylation sites is 2. The molecule has 0 bridgehead atoms. The maximum absolute atomic E-state index is 12.8. The Hall–Kier alpha value is -3.00. The lowest BCUT2D eigenvalue weighted by Gasteiger charge is -2.41. The number of benzene rings is 1. The van der Waals surface area contributed by atoms with E-state index >= 15 is 0 Å². The maximum Gasteiger partial charge on any atom is 0.306 e. The minimum absolute atomic E-state index is 0.0183. The summed E-state index contributed by atoms with van der Waals surface area (Å²) in [5, 5.41) is 2.78. The molecule has 0 saturated carbocycles. The normalized spacial score (nSPS) is 14.7. The molecular formula is C22H24N2O5S. The average Bonchev–Trinajstić information content (AvgIpc) is 3.03. The van der Waals surface area contributed by atoms with E-state index in [9.17, 15) is 19.2 Å². The number of Topliss-reactive ketones (excluding diaryl/α,β-unsaturated/α-hetero) is 1. The van der Waals surface area contributed by atoms with Crippen LogP contribution in [0.1, 0.15) is 46.8 Å². The fraction of sp³-hybridized carbons (Fsp3) is 0.364. The number of amides is 2. The summed E-state index contributed by atoms with van der Waals surface area (Å²) < 4.78 is 5.11. The first-order valence-electron chi connectivity index (χ1n) is 9.60. The Balaban J connectivity index is 1.61. The van der Waals surface area contributed by atoms with Gasteiger partial charge in [0, 0.05) is 21.7 Å². The van der Waals surface area contributed by atoms with Crippen LogP contribution in [0.4, 0.5) is 11.4 Å². The van der Waals surface area contributed by atoms with Crippen LogP contribution in [-0.2, 0) is 19.1 Å². The molecule has 0 aliphatic carbocycles. The number of fused-ring (bicyclic) bond motifs is 1. The molecule has 7 nitrogen and oxygen atoms in total. The molecule has 0 unspecified atom stereocenters. The second-order valence-corrected chi connectivity index (χ2v) is 9.13. The number of carbonyl (C=O) groups is 4. The van der Waals surface area contributed by atoms with Gasteiger partial charge in [0.15, 0.2) is 12.4 Å². The summed E-state index contributed by atoms with van der Waals surface area (Å²) in [6, 6.07) is 8.76. The van der Waals surface area contributed by atoms with E-state index in [-0.39, 0.29) is 24.5 Å². The lowest BCUT2D eigenvalue weighted by Crippen LogP contribution is -2.59. The van der Waals surface area contributed by atoms with Crippen molar-refractivity contribution in [2.24, 2.45) is 0 Å². The number of thiophene rings is 1. The largest absolute Gasteiger partial charge is 0.456 e. The molecule has 1 aromatic carbocycles. The van der Waals surface area contributed by atoms with Crippen molar-refractivity contribution in [3.63, 3.8) is 0 Å². The van der Waals surface area contributed by atoms with Crippen LogP contribution in [0.15, 0.2) is 30.3 Å². The van der Waals surface area contributed by atoms with E-state index in [1.54, 1.807) is 38.1 Å². The van der Waals surface area contributed by atoms with E-state index < -0.39 is 24.0 Å². The van der Waals surface area contributed by atoms with Crippen molar-refractivity contribution in [3.05, 3.63) is 45.6 Å². The molecule has 1 aromatic heterocycles. The number of rotatable bonds is 6. The number of ether oxygens (including phenoxy) is 1. The van der Waals surface area contributed by atoms with Gasteiger partial charge >= 0.3 is 5.97 Å². The molecule has 30 heavy (non-hydrogen) atoms. The predicted molar refractivity (Wildman–Crippen MR) is 115 cm³/mol. The molecule has 1 N–H and O–H groups in total. The molecule has 3 rings (SSSR count). The van der Waals surface area contributed by atoms with Gasteiger partial charge < -0.3 is 10.1 Å². The highest BCUT2D eigenvalue weighted by atomic mass is 32.1. The van der Waals surface area contributed by atoms with Gasteiger partial charge in [-0.2, -0.15) is 0 Å². The summed E-state index contributed by atoms with van der Waals surface area (Å²) >= 11 is 1.54. The summed E-state index contributed by atoms with van der Waals surface area (Å²) in [5.41, 5.74) is 0.552. The van der Waals surface area contributed by atoms with E-state index in [1.807, 2.05) is 19.9 Å². The van der Waals surface area contributed by atoms with Crippen molar-refractivity contribution in [2.75, 3.05) is 16.8 Å². The number of nitrogens with one attached hydrogen (secondary N) is 1. The van der Waals surface area contributed by atoms with Gasteiger partial charge in [-0.25, -0.2) is 0 Å². The third kappa shape index (κ3) is 4.28. The van der Waals surface area contributed by atoms with Crippen molar-refractivity contribution in [1.82, 2.24) is 0 Å². The Morgan fingerprint density at radius 3 is 2.50 bits per heavy atom. The molecule has 0 atom stereocenters. The summed E-state index contributed by atoms with van der Waals surface area (Å²) in [5.74, 6) is -1.59. The Bertz CT molecular complexity index is 1020. The van der Waals surface area contributed by atoms with Crippen LogP contribution < -0.4 is 10.2 Å². The van der Waals surface area contributed by atoms with Crippen molar-refractivity contribution in [3.8, 4) is 0 Å². The standard InChI is InChI=1S/C22H24N2O5S/c1-13-11-15(14(2)30-13)18(25)9-10-20(27)29-12-19(26)24-17-8-6-5-7-16(17)23-21(28)22(24,3)4/h5-8,11H,9-10,12H2,1-4H3,(H,23,28). The van der Waals surface area contributed by atoms with Crippen molar-refractivity contribution in [2.45, 2.75) is 46.1 Å². The summed E-state index contributed by atoms with van der Waals surface area (Å²) in [6.07, 6.45) is -0.0919. The fourth-order valence-electron chi connectivity index (χ4n) is 3.44. The van der Waals surface area contributed by atoms with Crippen molar-refractivity contribution in [1.29, 1.82) is 0 Å². The highest BCUT2D eigenvalue weighted by Gasteiger charge is 2.43. The molecule has 2 heterocycles. The highest BCUT2D eigenvalue weighted by Crippen LogP contribution is 2.36. The lowest BCUT2D eigenvalue weighted by atomic mass is 9.96. The van der Waals surface area contributed by atoms with Gasteiger partial charge in [0.1, 0.15) is 5.54 Å². The predicted octanol–water partition coefficient (Wildman–Crippen LogP) is 3.63. The van der Waals surface area contributed by atoms with Crippen molar-refractivity contribution < 1.29 is 23.9 Å². The molecular weight excluding hydrogens is 404 g/mol. The number of ketones is 1. The molecule has 0 saturated heterocycles. The third-order valence-corrected chi connectivity index (χ3v) is 5.98.